The molecule has 1 aromatic carbocycles. The fourth-order valence-electron chi connectivity index (χ4n) is 7.55. The van der Waals surface area contributed by atoms with Crippen molar-refractivity contribution in [3.63, 3.8) is 0 Å². The lowest BCUT2D eigenvalue weighted by Gasteiger charge is -2.34. The lowest BCUT2D eigenvalue weighted by molar-refractivity contribution is -0.244. The quantitative estimate of drug-likeness (QED) is 0.314. The highest BCUT2D eigenvalue weighted by molar-refractivity contribution is 7.91. The molecule has 0 unspecified atom stereocenters. The fraction of sp³-hybridized carbons (Fsp3) is 0.641. The number of fused-ring (bicyclic) bond motifs is 3. The summed E-state index contributed by atoms with van der Waals surface area (Å²) in [6, 6.07) is 2.34. The smallest absolute Gasteiger partial charge is 0.427 e. The SMILES string of the molecule is COc1ccc2nc(C)c(O[C@@H]3C[C@H]4C(=O)N[C@]5(C(=O)NS(=O)(=O)C6(C)CC6)C[C@H]5/C=C\CC[C@H](C)C[C@@H](C)[C@H](NC(=O)OC(C)(C)C(F)(F)F)C(=O)N4C3)nc2c1. The van der Waals surface area contributed by atoms with E-state index in [0.29, 0.717) is 68.4 Å². The second kappa shape index (κ2) is 15.5. The van der Waals surface area contributed by atoms with Gasteiger partial charge in [-0.2, -0.15) is 13.2 Å². The Kier molecular flexibility index (Phi) is 11.5. The highest BCUT2D eigenvalue weighted by Crippen LogP contribution is 2.47. The first-order valence-corrected chi connectivity index (χ1v) is 20.9. The van der Waals surface area contributed by atoms with Crippen molar-refractivity contribution in [1.82, 2.24) is 30.2 Å². The number of carbonyl (C=O) groups is 4. The van der Waals surface area contributed by atoms with Gasteiger partial charge in [-0.15, -0.1) is 0 Å². The van der Waals surface area contributed by atoms with E-state index in [1.54, 1.807) is 38.1 Å². The molecule has 1 aromatic heterocycles. The molecule has 2 aromatic rings. The first kappa shape index (κ1) is 42.9. The van der Waals surface area contributed by atoms with E-state index in [1.807, 2.05) is 13.0 Å². The van der Waals surface area contributed by atoms with Gasteiger partial charge in [0, 0.05) is 18.4 Å². The van der Waals surface area contributed by atoms with Crippen molar-refractivity contribution in [3.05, 3.63) is 36.0 Å². The molecule has 318 valence electrons. The number of aryl methyl sites for hydroxylation is 1. The summed E-state index contributed by atoms with van der Waals surface area (Å²) in [5.74, 6) is -3.09. The molecule has 4 aliphatic rings. The van der Waals surface area contributed by atoms with E-state index in [9.17, 15) is 40.8 Å². The lowest BCUT2D eigenvalue weighted by Crippen LogP contribution is -2.59. The average molecular weight is 837 g/mol. The molecule has 3 heterocycles. The van der Waals surface area contributed by atoms with Crippen LogP contribution in [0.15, 0.2) is 30.4 Å². The van der Waals surface area contributed by atoms with Gasteiger partial charge >= 0.3 is 12.3 Å². The lowest BCUT2D eigenvalue weighted by atomic mass is 9.88. The predicted molar refractivity (Wildman–Crippen MR) is 204 cm³/mol. The van der Waals surface area contributed by atoms with Crippen molar-refractivity contribution in [3.8, 4) is 11.6 Å². The number of nitrogens with one attached hydrogen (secondary N) is 3. The van der Waals surface area contributed by atoms with E-state index in [0.717, 1.165) is 0 Å². The molecule has 1 saturated heterocycles. The number of amides is 4. The van der Waals surface area contributed by atoms with Crippen LogP contribution in [0, 0.1) is 24.7 Å². The van der Waals surface area contributed by atoms with Gasteiger partial charge in [0.2, 0.25) is 33.3 Å². The molecule has 58 heavy (non-hydrogen) atoms. The number of hydrogen-bond donors (Lipinski definition) is 3. The molecule has 2 aliphatic carbocycles. The molecule has 0 spiro atoms. The van der Waals surface area contributed by atoms with Crippen molar-refractivity contribution < 1.29 is 55.0 Å². The van der Waals surface area contributed by atoms with E-state index in [4.69, 9.17) is 14.2 Å². The first-order valence-electron chi connectivity index (χ1n) is 19.4. The molecule has 3 fully saturated rings. The number of alkyl halides is 3. The van der Waals surface area contributed by atoms with Crippen molar-refractivity contribution >= 4 is 44.9 Å². The molecule has 0 bridgehead atoms. The third kappa shape index (κ3) is 8.69. The minimum absolute atomic E-state index is 0.0421. The van der Waals surface area contributed by atoms with Crippen LogP contribution in [-0.2, 0) is 29.1 Å². The van der Waals surface area contributed by atoms with Crippen molar-refractivity contribution in [2.75, 3.05) is 13.7 Å². The third-order valence-corrected chi connectivity index (χ3v) is 14.0. The van der Waals surface area contributed by atoms with Crippen molar-refractivity contribution in [2.45, 2.75) is 127 Å². The van der Waals surface area contributed by atoms with E-state index in [-0.39, 0.29) is 31.2 Å². The molecule has 4 amide bonds. The molecule has 7 atom stereocenters. The summed E-state index contributed by atoms with van der Waals surface area (Å²) >= 11 is 0. The number of halogens is 3. The minimum atomic E-state index is -4.92. The largest absolute Gasteiger partial charge is 0.497 e. The summed E-state index contributed by atoms with van der Waals surface area (Å²) in [7, 11) is -2.58. The zero-order valence-electron chi connectivity index (χ0n) is 33.6. The molecule has 15 nitrogen and oxygen atoms in total. The van der Waals surface area contributed by atoms with Crippen molar-refractivity contribution in [1.29, 1.82) is 0 Å². The van der Waals surface area contributed by atoms with Gasteiger partial charge < -0.3 is 29.7 Å². The summed E-state index contributed by atoms with van der Waals surface area (Å²) < 4.78 is 85.1. The maximum atomic E-state index is 14.7. The number of carbonyl (C=O) groups excluding carboxylic acids is 4. The van der Waals surface area contributed by atoms with Crippen LogP contribution in [0.25, 0.3) is 11.0 Å². The van der Waals surface area contributed by atoms with Gasteiger partial charge in [0.15, 0.2) is 0 Å². The molecule has 19 heteroatoms. The van der Waals surface area contributed by atoms with E-state index < -0.39 is 85.9 Å². The summed E-state index contributed by atoms with van der Waals surface area (Å²) in [4.78, 5) is 66.6. The highest BCUT2D eigenvalue weighted by atomic mass is 32.2. The highest BCUT2D eigenvalue weighted by Gasteiger charge is 2.63. The Hall–Kier alpha value is -4.68. The van der Waals surface area contributed by atoms with Crippen LogP contribution in [-0.4, -0.2) is 101 Å². The summed E-state index contributed by atoms with van der Waals surface area (Å²) in [5, 5.41) is 5.16. The van der Waals surface area contributed by atoms with E-state index in [2.05, 4.69) is 25.3 Å². The second-order valence-corrected chi connectivity index (χ2v) is 19.1. The molecule has 2 saturated carbocycles. The Morgan fingerprint density at radius 1 is 1.07 bits per heavy atom. The number of methoxy groups -OCH3 is 1. The Morgan fingerprint density at radius 3 is 2.43 bits per heavy atom. The number of alkyl carbamates (subject to hydrolysis) is 1. The predicted octanol–water partition coefficient (Wildman–Crippen LogP) is 4.62. The van der Waals surface area contributed by atoms with Crippen LogP contribution in [0.3, 0.4) is 0 Å². The molecule has 6 rings (SSSR count). The van der Waals surface area contributed by atoms with E-state index >= 15 is 0 Å². The Labute approximate surface area is 335 Å². The van der Waals surface area contributed by atoms with Crippen LogP contribution >= 0.6 is 0 Å². The number of nitrogens with zero attached hydrogens (tertiary/aromatic N) is 3. The molecule has 0 radical (unpaired) electrons. The number of allylic oxidation sites excluding steroid dienone is 1. The van der Waals surface area contributed by atoms with Gasteiger partial charge in [-0.25, -0.2) is 23.2 Å². The van der Waals surface area contributed by atoms with E-state index in [1.165, 1.54) is 18.9 Å². The number of hydrogen-bond acceptors (Lipinski definition) is 11. The van der Waals surface area contributed by atoms with Crippen LogP contribution in [0.4, 0.5) is 18.0 Å². The molecular formula is C39H51F3N6O9S. The maximum Gasteiger partial charge on any atom is 0.427 e. The topological polar surface area (TPSA) is 195 Å². The van der Waals surface area contributed by atoms with Crippen molar-refractivity contribution in [2.24, 2.45) is 17.8 Å². The number of rotatable bonds is 8. The zero-order chi connectivity index (χ0) is 42.6. The summed E-state index contributed by atoms with van der Waals surface area (Å²) in [6.07, 6.45) is -1.42. The van der Waals surface area contributed by atoms with Gasteiger partial charge in [0.05, 0.1) is 29.4 Å². The molecule has 3 N–H and O–H groups in total. The third-order valence-electron chi connectivity index (χ3n) is 11.8. The molecule has 2 aliphatic heterocycles. The average Bonchev–Trinajstić information content (AvgIpc) is 4.01. The van der Waals surface area contributed by atoms with Gasteiger partial charge in [0.25, 0.3) is 5.91 Å². The molecular weight excluding hydrogens is 786 g/mol. The van der Waals surface area contributed by atoms with Crippen LogP contribution in [0.5, 0.6) is 11.6 Å². The monoisotopic (exact) mass is 836 g/mol. The fourth-order valence-corrected chi connectivity index (χ4v) is 8.86. The zero-order valence-corrected chi connectivity index (χ0v) is 34.4. The standard InChI is InChI=1S/C39H51F3N6O9S/c1-21-10-8-9-11-24-19-38(24,34(51)47-58(53,54)37(6)14-15-37)46-31(49)29-18-26(56-32-23(3)43-27-13-12-25(55-7)17-28(27)44-32)20-48(29)33(50)30(22(2)16-21)45-35(52)57-36(4,5)39(40,41)42/h9,11-13,17,21-22,24,26,29-30H,8,10,14-16,18-20H2,1-7H3,(H,45,52)(H,46,49)(H,47,51)/b11-9-/t21-,22+,24+,26+,29-,30-,38+/m0/s1. The summed E-state index contributed by atoms with van der Waals surface area (Å²) in [5.41, 5.74) is -3.12. The van der Waals surface area contributed by atoms with Crippen LogP contribution < -0.4 is 24.8 Å². The Balaban J connectivity index is 1.35. The van der Waals surface area contributed by atoms with Crippen LogP contribution in [0.1, 0.15) is 85.3 Å². The van der Waals surface area contributed by atoms with Crippen LogP contribution in [0.2, 0.25) is 0 Å². The van der Waals surface area contributed by atoms with Gasteiger partial charge in [0.1, 0.15) is 35.2 Å². The van der Waals surface area contributed by atoms with Gasteiger partial charge in [-0.05, 0) is 90.2 Å². The van der Waals surface area contributed by atoms with Gasteiger partial charge in [-0.1, -0.05) is 26.0 Å². The number of sulfonamides is 1. The number of ether oxygens (including phenoxy) is 3. The number of aromatic nitrogens is 2. The summed E-state index contributed by atoms with van der Waals surface area (Å²) in [6.45, 7) is 7.97. The Morgan fingerprint density at radius 2 is 1.78 bits per heavy atom. The maximum absolute atomic E-state index is 14.7. The van der Waals surface area contributed by atoms with Gasteiger partial charge in [-0.3, -0.25) is 19.1 Å². The first-order chi connectivity index (χ1) is 27.0. The second-order valence-electron chi connectivity index (χ2n) is 16.9. The minimum Gasteiger partial charge on any atom is -0.497 e. The normalized spacial score (nSPS) is 29.4. The number of benzene rings is 1. The Bertz CT molecular complexity index is 2110.